The van der Waals surface area contributed by atoms with Gasteiger partial charge in [-0.1, -0.05) is 45.2 Å². The number of halogens is 2. The normalized spacial score (nSPS) is 22.3. The summed E-state index contributed by atoms with van der Waals surface area (Å²) in [6, 6.07) is 19.7. The van der Waals surface area contributed by atoms with Crippen molar-refractivity contribution >= 4 is 52.5 Å². The fourth-order valence-electron chi connectivity index (χ4n) is 10.3. The van der Waals surface area contributed by atoms with Crippen molar-refractivity contribution in [2.75, 3.05) is 36.0 Å². The Balaban J connectivity index is 0.819. The van der Waals surface area contributed by atoms with E-state index < -0.39 is 46.3 Å². The molecule has 3 aromatic carbocycles. The Labute approximate surface area is 362 Å². The van der Waals surface area contributed by atoms with Crippen LogP contribution in [0.1, 0.15) is 94.1 Å². The summed E-state index contributed by atoms with van der Waals surface area (Å²) in [6.45, 7) is 10.8. The van der Waals surface area contributed by atoms with Crippen LogP contribution in [0.3, 0.4) is 0 Å². The Morgan fingerprint density at radius 3 is 2.16 bits per heavy atom. The van der Waals surface area contributed by atoms with Crippen LogP contribution in [0.15, 0.2) is 66.7 Å². The molecule has 0 bridgehead atoms. The lowest BCUT2D eigenvalue weighted by molar-refractivity contribution is -0.199. The highest BCUT2D eigenvalue weighted by molar-refractivity contribution is 6.31. The van der Waals surface area contributed by atoms with Gasteiger partial charge in [-0.25, -0.2) is 9.37 Å². The molecule has 1 unspecified atom stereocenters. The monoisotopic (exact) mass is 853 g/mol. The summed E-state index contributed by atoms with van der Waals surface area (Å²) in [5.74, 6) is 3.60. The Hall–Kier alpha value is -6.77. The Kier molecular flexibility index (Phi) is 9.83. The standard InChI is InChI=1S/C47H41ClFN7O6/c1-46(2)44(47(3,4)45(46)62-30-13-8-27(24-50)34(48)21-30)55-25-36-31(41(55)59)14-10-28(51-36)9-5-26-6-11-29(12-7-26)53-17-19-54(20-18-53)38-23-33-32(22-35(38)49)42(60)56(43(33)61)37-15-16-39(57)52-40(37)58/h6-8,10-14,21-23,37,44-45H,15-20,25H2,1-4H3,(H,52,57,58)/t37?,44-,45-. The average Bonchev–Trinajstić information content (AvgIpc) is 3.68. The number of carbonyl (C=O) groups excluding carboxylic acids is 5. The Bertz CT molecular complexity index is 2710. The molecule has 62 heavy (non-hydrogen) atoms. The number of amides is 5. The van der Waals surface area contributed by atoms with Crippen molar-refractivity contribution in [2.24, 2.45) is 10.8 Å². The molecule has 0 spiro atoms. The number of imide groups is 2. The number of nitriles is 1. The maximum Gasteiger partial charge on any atom is 0.262 e. The molecule has 5 aliphatic rings. The van der Waals surface area contributed by atoms with E-state index in [2.05, 4.69) is 55.8 Å². The molecule has 2 saturated heterocycles. The molecule has 1 atom stereocenters. The van der Waals surface area contributed by atoms with Crippen molar-refractivity contribution in [3.63, 3.8) is 0 Å². The molecule has 9 rings (SSSR count). The summed E-state index contributed by atoms with van der Waals surface area (Å²) >= 11 is 6.28. The third-order valence-electron chi connectivity index (χ3n) is 12.9. The lowest BCUT2D eigenvalue weighted by Gasteiger charge is -2.65. The first kappa shape index (κ1) is 40.6. The number of nitrogens with zero attached hydrogens (tertiary/aromatic N) is 6. The average molecular weight is 854 g/mol. The van der Waals surface area contributed by atoms with Crippen LogP contribution in [0.4, 0.5) is 15.8 Å². The van der Waals surface area contributed by atoms with Gasteiger partial charge in [-0.05, 0) is 73.0 Å². The number of hydrogen-bond donors (Lipinski definition) is 1. The van der Waals surface area contributed by atoms with Crippen LogP contribution in [-0.4, -0.2) is 88.7 Å². The fourth-order valence-corrected chi connectivity index (χ4v) is 10.5. The number of nitrogens with one attached hydrogen (secondary N) is 1. The maximum atomic E-state index is 15.5. The van der Waals surface area contributed by atoms with E-state index in [4.69, 9.17) is 21.3 Å². The maximum absolute atomic E-state index is 15.5. The molecule has 13 nitrogen and oxygen atoms in total. The van der Waals surface area contributed by atoms with Crippen LogP contribution in [0, 0.1) is 39.8 Å². The zero-order chi connectivity index (χ0) is 43.8. The number of carbonyl (C=O) groups is 5. The van der Waals surface area contributed by atoms with Crippen molar-refractivity contribution in [1.82, 2.24) is 20.1 Å². The van der Waals surface area contributed by atoms with E-state index >= 15 is 4.39 Å². The molecule has 5 amide bonds. The van der Waals surface area contributed by atoms with Gasteiger partial charge in [0.1, 0.15) is 35.5 Å². The molecule has 15 heteroatoms. The second-order valence-electron chi connectivity index (χ2n) is 17.5. The highest BCUT2D eigenvalue weighted by Crippen LogP contribution is 2.59. The molecule has 4 aliphatic heterocycles. The summed E-state index contributed by atoms with van der Waals surface area (Å²) < 4.78 is 21.9. The number of rotatable bonds is 6. The van der Waals surface area contributed by atoms with E-state index in [0.29, 0.717) is 66.0 Å². The molecule has 5 heterocycles. The van der Waals surface area contributed by atoms with E-state index in [1.54, 1.807) is 30.3 Å². The third kappa shape index (κ3) is 6.70. The first-order valence-corrected chi connectivity index (χ1v) is 20.8. The quantitative estimate of drug-likeness (QED) is 0.188. The number of ether oxygens (including phenoxy) is 1. The molecule has 1 N–H and O–H groups in total. The molecule has 314 valence electrons. The minimum Gasteiger partial charge on any atom is -0.489 e. The van der Waals surface area contributed by atoms with Gasteiger partial charge in [0.2, 0.25) is 11.8 Å². The van der Waals surface area contributed by atoms with Gasteiger partial charge in [-0.15, -0.1) is 0 Å². The highest BCUT2D eigenvalue weighted by atomic mass is 35.5. The number of hydrogen-bond acceptors (Lipinski definition) is 10. The fraction of sp³-hybridized carbons (Fsp3) is 0.340. The number of piperazine rings is 1. The number of piperidine rings is 1. The van der Waals surface area contributed by atoms with Gasteiger partial charge in [-0.2, -0.15) is 5.26 Å². The smallest absolute Gasteiger partial charge is 0.262 e. The van der Waals surface area contributed by atoms with Crippen LogP contribution in [0.25, 0.3) is 0 Å². The topological polar surface area (TPSA) is 156 Å². The largest absolute Gasteiger partial charge is 0.489 e. The predicted octanol–water partition coefficient (Wildman–Crippen LogP) is 5.71. The highest BCUT2D eigenvalue weighted by Gasteiger charge is 2.67. The summed E-state index contributed by atoms with van der Waals surface area (Å²) in [4.78, 5) is 75.8. The third-order valence-corrected chi connectivity index (χ3v) is 13.2. The summed E-state index contributed by atoms with van der Waals surface area (Å²) in [5.41, 5.74) is 3.27. The summed E-state index contributed by atoms with van der Waals surface area (Å²) in [7, 11) is 0. The van der Waals surface area contributed by atoms with E-state index in [1.165, 1.54) is 6.07 Å². The van der Waals surface area contributed by atoms with Crippen molar-refractivity contribution in [3.8, 4) is 23.7 Å². The van der Waals surface area contributed by atoms with Crippen LogP contribution in [0.5, 0.6) is 5.75 Å². The number of aromatic nitrogens is 1. The molecule has 1 saturated carbocycles. The van der Waals surface area contributed by atoms with E-state index in [1.807, 2.05) is 34.1 Å². The van der Waals surface area contributed by atoms with E-state index in [-0.39, 0.29) is 47.7 Å². The molecule has 4 aromatic rings. The molecule has 0 radical (unpaired) electrons. The SMILES string of the molecule is CC1(C)[C@H](Oc2ccc(C#N)c(Cl)c2)C(C)(C)[C@H]1N1Cc2nc(C#Cc3ccc(N4CCN(c5cc6c(cc5F)C(=O)N(C5CCC(=O)NC5=O)C6=O)CC4)cc3)ccc2C1=O. The van der Waals surface area contributed by atoms with Gasteiger partial charge in [0, 0.05) is 66.8 Å². The lowest BCUT2D eigenvalue weighted by Crippen LogP contribution is -2.74. The van der Waals surface area contributed by atoms with E-state index in [0.717, 1.165) is 22.2 Å². The zero-order valence-electron chi connectivity index (χ0n) is 34.4. The molecule has 3 fully saturated rings. The number of pyridine rings is 1. The summed E-state index contributed by atoms with van der Waals surface area (Å²) in [5, 5.41) is 11.8. The van der Waals surface area contributed by atoms with Crippen LogP contribution < -0.4 is 19.9 Å². The Morgan fingerprint density at radius 2 is 1.50 bits per heavy atom. The number of fused-ring (bicyclic) bond motifs is 2. The predicted molar refractivity (Wildman–Crippen MR) is 226 cm³/mol. The van der Waals surface area contributed by atoms with Crippen molar-refractivity contribution in [1.29, 1.82) is 5.26 Å². The van der Waals surface area contributed by atoms with Crippen LogP contribution in [0.2, 0.25) is 5.02 Å². The lowest BCUT2D eigenvalue weighted by atomic mass is 9.49. The zero-order valence-corrected chi connectivity index (χ0v) is 35.2. The minimum absolute atomic E-state index is 0.00106. The Morgan fingerprint density at radius 1 is 0.823 bits per heavy atom. The van der Waals surface area contributed by atoms with Crippen molar-refractivity contribution in [2.45, 2.75) is 65.3 Å². The van der Waals surface area contributed by atoms with Crippen molar-refractivity contribution < 1.29 is 33.1 Å². The van der Waals surface area contributed by atoms with Gasteiger partial charge in [-0.3, -0.25) is 34.2 Å². The molecule has 1 aliphatic carbocycles. The van der Waals surface area contributed by atoms with Gasteiger partial charge < -0.3 is 19.4 Å². The first-order chi connectivity index (χ1) is 29.6. The van der Waals surface area contributed by atoms with Gasteiger partial charge in [0.05, 0.1) is 45.2 Å². The van der Waals surface area contributed by atoms with Crippen LogP contribution >= 0.6 is 11.6 Å². The number of anilines is 2. The number of benzene rings is 3. The van der Waals surface area contributed by atoms with Gasteiger partial charge in [0.25, 0.3) is 17.7 Å². The van der Waals surface area contributed by atoms with Gasteiger partial charge in [0.15, 0.2) is 0 Å². The molecule has 1 aromatic heterocycles. The van der Waals surface area contributed by atoms with Crippen molar-refractivity contribution in [3.05, 3.63) is 117 Å². The molecular formula is C47H41ClFN7O6. The van der Waals surface area contributed by atoms with Gasteiger partial charge >= 0.3 is 0 Å². The molecular weight excluding hydrogens is 813 g/mol. The minimum atomic E-state index is -1.12. The first-order valence-electron chi connectivity index (χ1n) is 20.4. The van der Waals surface area contributed by atoms with E-state index in [9.17, 15) is 29.2 Å². The second kappa shape index (κ2) is 15.0. The summed E-state index contributed by atoms with van der Waals surface area (Å²) in [6.07, 6.45) is -0.206. The van der Waals surface area contributed by atoms with Crippen LogP contribution in [-0.2, 0) is 16.1 Å². The second-order valence-corrected chi connectivity index (χ2v) is 17.9.